The van der Waals surface area contributed by atoms with Gasteiger partial charge in [-0.15, -0.1) is 11.3 Å². The third-order valence-corrected chi connectivity index (χ3v) is 3.84. The number of nitrogens with one attached hydrogen (secondary N) is 2. The molecular weight excluding hydrogens is 314 g/mol. The lowest BCUT2D eigenvalue weighted by molar-refractivity contribution is 0.249. The van der Waals surface area contributed by atoms with E-state index in [-0.39, 0.29) is 12.1 Å². The Morgan fingerprint density at radius 3 is 2.87 bits per heavy atom. The molecule has 1 atom stereocenters. The first kappa shape index (κ1) is 17.1. The number of aromatic nitrogens is 1. The fourth-order valence-electron chi connectivity index (χ4n) is 1.98. The third kappa shape index (κ3) is 4.85. The monoisotopic (exact) mass is 335 g/mol. The Morgan fingerprint density at radius 1 is 1.39 bits per heavy atom. The van der Waals surface area contributed by atoms with Crippen LogP contribution in [0.4, 0.5) is 9.93 Å². The van der Waals surface area contributed by atoms with Gasteiger partial charge in [-0.3, -0.25) is 5.32 Å². The summed E-state index contributed by atoms with van der Waals surface area (Å²) in [7, 11) is 1.60. The van der Waals surface area contributed by atoms with E-state index < -0.39 is 0 Å². The molecule has 1 heterocycles. The molecule has 1 unspecified atom stereocenters. The second-order valence-corrected chi connectivity index (χ2v) is 5.81. The first-order chi connectivity index (χ1) is 11.1. The molecule has 0 spiro atoms. The van der Waals surface area contributed by atoms with E-state index in [1.807, 2.05) is 32.0 Å². The van der Waals surface area contributed by atoms with E-state index in [1.54, 1.807) is 18.7 Å². The predicted molar refractivity (Wildman–Crippen MR) is 91.5 cm³/mol. The predicted octanol–water partition coefficient (Wildman–Crippen LogP) is 3.82. The average molecular weight is 335 g/mol. The van der Waals surface area contributed by atoms with E-state index in [0.29, 0.717) is 23.2 Å². The number of hydrogen-bond acceptors (Lipinski definition) is 5. The highest BCUT2D eigenvalue weighted by atomic mass is 32.1. The number of thiazole rings is 1. The van der Waals surface area contributed by atoms with Crippen LogP contribution in [0.3, 0.4) is 0 Å². The second-order valence-electron chi connectivity index (χ2n) is 4.92. The summed E-state index contributed by atoms with van der Waals surface area (Å²) in [6, 6.07) is 5.18. The van der Waals surface area contributed by atoms with E-state index in [1.165, 1.54) is 11.3 Å². The minimum atomic E-state index is -0.294. The molecule has 7 heteroatoms. The molecule has 1 aromatic heterocycles. The van der Waals surface area contributed by atoms with Gasteiger partial charge >= 0.3 is 6.03 Å². The zero-order valence-corrected chi connectivity index (χ0v) is 14.3. The van der Waals surface area contributed by atoms with Crippen LogP contribution in [0.15, 0.2) is 29.8 Å². The number of anilines is 1. The van der Waals surface area contributed by atoms with Crippen LogP contribution in [-0.2, 0) is 0 Å². The molecule has 0 bridgehead atoms. The standard InChI is InChI=1S/C16H21N3O3S/c1-4-8-22-13-6-5-12(10-14(13)21-3)11(2)18-15(20)19-16-17-7-9-23-16/h5-7,9-11H,4,8H2,1-3H3,(H2,17,18,19,20). The molecule has 124 valence electrons. The number of hydrogen-bond donors (Lipinski definition) is 2. The van der Waals surface area contributed by atoms with Crippen molar-refractivity contribution in [1.82, 2.24) is 10.3 Å². The van der Waals surface area contributed by atoms with Crippen LogP contribution >= 0.6 is 11.3 Å². The number of nitrogens with zero attached hydrogens (tertiary/aromatic N) is 1. The Balaban J connectivity index is 2.00. The molecule has 2 N–H and O–H groups in total. The molecule has 0 aliphatic heterocycles. The van der Waals surface area contributed by atoms with E-state index in [9.17, 15) is 4.79 Å². The molecule has 0 saturated carbocycles. The Hall–Kier alpha value is -2.28. The first-order valence-corrected chi connectivity index (χ1v) is 8.29. The van der Waals surface area contributed by atoms with Gasteiger partial charge in [0.2, 0.25) is 0 Å². The lowest BCUT2D eigenvalue weighted by atomic mass is 10.1. The number of carbonyl (C=O) groups is 1. The molecule has 6 nitrogen and oxygen atoms in total. The molecule has 1 aromatic carbocycles. The Morgan fingerprint density at radius 2 is 2.22 bits per heavy atom. The van der Waals surface area contributed by atoms with Crippen LogP contribution in [0.1, 0.15) is 31.9 Å². The van der Waals surface area contributed by atoms with E-state index in [4.69, 9.17) is 9.47 Å². The van der Waals surface area contributed by atoms with Crippen LogP contribution in [0.2, 0.25) is 0 Å². The van der Waals surface area contributed by atoms with E-state index in [0.717, 1.165) is 12.0 Å². The van der Waals surface area contributed by atoms with Crippen LogP contribution in [0.5, 0.6) is 11.5 Å². The number of methoxy groups -OCH3 is 1. The van der Waals surface area contributed by atoms with Crippen LogP contribution in [0.25, 0.3) is 0 Å². The highest BCUT2D eigenvalue weighted by molar-refractivity contribution is 7.13. The van der Waals surface area contributed by atoms with E-state index >= 15 is 0 Å². The molecule has 2 rings (SSSR count). The van der Waals surface area contributed by atoms with Crippen molar-refractivity contribution in [2.45, 2.75) is 26.3 Å². The van der Waals surface area contributed by atoms with Crippen molar-refractivity contribution in [3.63, 3.8) is 0 Å². The summed E-state index contributed by atoms with van der Waals surface area (Å²) in [5.74, 6) is 1.36. The van der Waals surface area contributed by atoms with Crippen molar-refractivity contribution < 1.29 is 14.3 Å². The Labute approximate surface area is 139 Å². The van der Waals surface area contributed by atoms with Crippen molar-refractivity contribution in [3.05, 3.63) is 35.3 Å². The number of carbonyl (C=O) groups excluding carboxylic acids is 1. The van der Waals surface area contributed by atoms with Crippen LogP contribution in [-0.4, -0.2) is 24.7 Å². The maximum Gasteiger partial charge on any atom is 0.321 e. The SMILES string of the molecule is CCCOc1ccc(C(C)NC(=O)Nc2nccs2)cc1OC. The van der Waals surface area contributed by atoms with Gasteiger partial charge in [0.1, 0.15) is 0 Å². The summed E-state index contributed by atoms with van der Waals surface area (Å²) in [5, 5.41) is 7.93. The molecule has 0 fully saturated rings. The number of amides is 2. The molecule has 0 radical (unpaired) electrons. The van der Waals surface area contributed by atoms with E-state index in [2.05, 4.69) is 15.6 Å². The summed E-state index contributed by atoms with van der Waals surface area (Å²) in [6.07, 6.45) is 2.57. The first-order valence-electron chi connectivity index (χ1n) is 7.41. The van der Waals surface area contributed by atoms with Gasteiger partial charge in [0.15, 0.2) is 16.6 Å². The van der Waals surface area contributed by atoms with Crippen molar-refractivity contribution in [1.29, 1.82) is 0 Å². The summed E-state index contributed by atoms with van der Waals surface area (Å²) in [4.78, 5) is 16.0. The van der Waals surface area contributed by atoms with Crippen molar-refractivity contribution in [2.75, 3.05) is 19.0 Å². The summed E-state index contributed by atoms with van der Waals surface area (Å²) < 4.78 is 11.0. The van der Waals surface area contributed by atoms with Crippen molar-refractivity contribution in [3.8, 4) is 11.5 Å². The molecule has 2 amide bonds. The third-order valence-electron chi connectivity index (χ3n) is 3.15. The molecule has 23 heavy (non-hydrogen) atoms. The summed E-state index contributed by atoms with van der Waals surface area (Å²) >= 11 is 1.37. The maximum absolute atomic E-state index is 11.9. The van der Waals surface area contributed by atoms with Crippen molar-refractivity contribution in [2.24, 2.45) is 0 Å². The van der Waals surface area contributed by atoms with Gasteiger partial charge in [-0.25, -0.2) is 9.78 Å². The number of benzene rings is 1. The van der Waals surface area contributed by atoms with Crippen LogP contribution in [0, 0.1) is 0 Å². The Kier molecular flexibility index (Phi) is 6.22. The lowest BCUT2D eigenvalue weighted by Crippen LogP contribution is -2.31. The van der Waals surface area contributed by atoms with Gasteiger partial charge in [-0.05, 0) is 31.0 Å². The van der Waals surface area contributed by atoms with Gasteiger partial charge in [0, 0.05) is 11.6 Å². The molecule has 0 aliphatic rings. The zero-order chi connectivity index (χ0) is 16.7. The maximum atomic E-state index is 11.9. The quantitative estimate of drug-likeness (QED) is 0.807. The highest BCUT2D eigenvalue weighted by Gasteiger charge is 2.13. The molecule has 0 saturated heterocycles. The summed E-state index contributed by atoms with van der Waals surface area (Å²) in [5.41, 5.74) is 0.931. The van der Waals surface area contributed by atoms with Crippen LogP contribution < -0.4 is 20.1 Å². The van der Waals surface area contributed by atoms with Gasteiger partial charge < -0.3 is 14.8 Å². The van der Waals surface area contributed by atoms with Gasteiger partial charge in [0.25, 0.3) is 0 Å². The number of urea groups is 1. The number of ether oxygens (including phenoxy) is 2. The minimum Gasteiger partial charge on any atom is -0.493 e. The smallest absolute Gasteiger partial charge is 0.321 e. The fourth-order valence-corrected chi connectivity index (χ4v) is 2.51. The molecule has 2 aromatic rings. The van der Waals surface area contributed by atoms with Gasteiger partial charge in [-0.2, -0.15) is 0 Å². The lowest BCUT2D eigenvalue weighted by Gasteiger charge is -2.17. The molecular formula is C16H21N3O3S. The average Bonchev–Trinajstić information content (AvgIpc) is 3.05. The topological polar surface area (TPSA) is 72.5 Å². The second kappa shape index (κ2) is 8.38. The fraction of sp³-hybridized carbons (Fsp3) is 0.375. The molecule has 0 aliphatic carbocycles. The van der Waals surface area contributed by atoms with Gasteiger partial charge in [0.05, 0.1) is 19.8 Å². The zero-order valence-electron chi connectivity index (χ0n) is 13.5. The van der Waals surface area contributed by atoms with Gasteiger partial charge in [-0.1, -0.05) is 13.0 Å². The Bertz CT molecular complexity index is 632. The minimum absolute atomic E-state index is 0.177. The number of rotatable bonds is 7. The highest BCUT2D eigenvalue weighted by Crippen LogP contribution is 2.30. The summed E-state index contributed by atoms with van der Waals surface area (Å²) in [6.45, 7) is 4.59. The normalized spacial score (nSPS) is 11.6. The van der Waals surface area contributed by atoms with Crippen molar-refractivity contribution >= 4 is 22.5 Å². The largest absolute Gasteiger partial charge is 0.493 e.